The average Bonchev–Trinajstić information content (AvgIpc) is 3.44. The van der Waals surface area contributed by atoms with Gasteiger partial charge in [0.2, 0.25) is 0 Å². The lowest BCUT2D eigenvalue weighted by molar-refractivity contribution is 0.742. The number of nitrogens with zero attached hydrogens (tertiary/aromatic N) is 4. The zero-order valence-corrected chi connectivity index (χ0v) is 23.3. The van der Waals surface area contributed by atoms with Gasteiger partial charge in [0, 0.05) is 22.7 Å². The van der Waals surface area contributed by atoms with E-state index in [0.29, 0.717) is 17.6 Å². The molecule has 6 aromatic rings. The Hall–Kier alpha value is -5.22. The molecule has 42 heavy (non-hydrogen) atoms. The van der Waals surface area contributed by atoms with Gasteiger partial charge >= 0.3 is 0 Å². The molecule has 2 aliphatic carbocycles. The van der Waals surface area contributed by atoms with Gasteiger partial charge in [0.05, 0.1) is 5.52 Å². The summed E-state index contributed by atoms with van der Waals surface area (Å²) in [6.45, 7) is 2.23. The van der Waals surface area contributed by atoms with Crippen LogP contribution in [0.5, 0.6) is 0 Å². The van der Waals surface area contributed by atoms with Crippen LogP contribution in [0.3, 0.4) is 0 Å². The van der Waals surface area contributed by atoms with Crippen LogP contribution in [0.4, 0.5) is 0 Å². The molecule has 0 bridgehead atoms. The highest BCUT2D eigenvalue weighted by Crippen LogP contribution is 2.46. The van der Waals surface area contributed by atoms with Crippen LogP contribution < -0.4 is 0 Å². The summed E-state index contributed by atoms with van der Waals surface area (Å²) in [4.78, 5) is 19.8. The average molecular weight is 541 g/mol. The van der Waals surface area contributed by atoms with Gasteiger partial charge in [0.15, 0.2) is 17.5 Å². The molecule has 200 valence electrons. The highest BCUT2D eigenvalue weighted by atomic mass is 15.0. The summed E-state index contributed by atoms with van der Waals surface area (Å²) >= 11 is 0. The first-order valence-electron chi connectivity index (χ1n) is 14.5. The zero-order chi connectivity index (χ0) is 28.0. The molecule has 0 amide bonds. The maximum atomic E-state index is 5.13. The Morgan fingerprint density at radius 3 is 2.31 bits per heavy atom. The minimum Gasteiger partial charge on any atom is -0.256 e. The second-order valence-electron chi connectivity index (χ2n) is 11.2. The number of hydrogen-bond donors (Lipinski definition) is 0. The number of fused-ring (bicyclic) bond motifs is 4. The maximum Gasteiger partial charge on any atom is 0.164 e. The smallest absolute Gasteiger partial charge is 0.164 e. The largest absolute Gasteiger partial charge is 0.256 e. The quantitative estimate of drug-likeness (QED) is 0.224. The molecule has 2 heterocycles. The van der Waals surface area contributed by atoms with Crippen LogP contribution in [0.25, 0.3) is 61.5 Å². The molecule has 0 fully saturated rings. The molecule has 0 saturated heterocycles. The molecule has 0 N–H and O–H groups in total. The van der Waals surface area contributed by atoms with Crippen molar-refractivity contribution in [1.29, 1.82) is 0 Å². The Labute approximate surface area is 245 Å². The second-order valence-corrected chi connectivity index (χ2v) is 11.2. The lowest BCUT2D eigenvalue weighted by Gasteiger charge is -2.16. The Balaban J connectivity index is 1.32. The Morgan fingerprint density at radius 2 is 1.40 bits per heavy atom. The van der Waals surface area contributed by atoms with Crippen LogP contribution in [0.15, 0.2) is 121 Å². The van der Waals surface area contributed by atoms with E-state index in [1.54, 1.807) is 0 Å². The molecule has 1 unspecified atom stereocenters. The molecule has 0 aliphatic heterocycles. The van der Waals surface area contributed by atoms with Gasteiger partial charge in [-0.2, -0.15) is 0 Å². The molecule has 1 atom stereocenters. The van der Waals surface area contributed by atoms with Crippen LogP contribution in [-0.2, 0) is 6.42 Å². The minimum atomic E-state index is 0.445. The van der Waals surface area contributed by atoms with Gasteiger partial charge in [-0.05, 0) is 69.8 Å². The topological polar surface area (TPSA) is 51.6 Å². The fraction of sp³-hybridized carbons (Fsp3) is 0.105. The number of pyridine rings is 1. The maximum absolute atomic E-state index is 5.13. The lowest BCUT2D eigenvalue weighted by atomic mass is 9.92. The van der Waals surface area contributed by atoms with Gasteiger partial charge in [-0.25, -0.2) is 15.0 Å². The number of benzene rings is 4. The summed E-state index contributed by atoms with van der Waals surface area (Å²) in [5.41, 5.74) is 11.8. The van der Waals surface area contributed by atoms with Crippen molar-refractivity contribution >= 4 is 16.5 Å². The molecular weight excluding hydrogens is 512 g/mol. The van der Waals surface area contributed by atoms with E-state index in [9.17, 15) is 0 Å². The number of rotatable bonds is 4. The van der Waals surface area contributed by atoms with Crippen molar-refractivity contribution in [1.82, 2.24) is 19.9 Å². The minimum absolute atomic E-state index is 0.445. The van der Waals surface area contributed by atoms with Crippen LogP contribution in [0.1, 0.15) is 30.3 Å². The van der Waals surface area contributed by atoms with Crippen molar-refractivity contribution in [2.24, 2.45) is 5.92 Å². The first-order chi connectivity index (χ1) is 20.7. The van der Waals surface area contributed by atoms with Crippen molar-refractivity contribution in [3.8, 4) is 45.0 Å². The molecule has 0 radical (unpaired) electrons. The highest BCUT2D eigenvalue weighted by molar-refractivity contribution is 5.99. The molecule has 4 aromatic carbocycles. The molecule has 0 saturated carbocycles. The summed E-state index contributed by atoms with van der Waals surface area (Å²) in [7, 11) is 0. The van der Waals surface area contributed by atoms with E-state index < -0.39 is 0 Å². The Morgan fingerprint density at radius 1 is 0.643 bits per heavy atom. The molecule has 4 nitrogen and oxygen atoms in total. The predicted octanol–water partition coefficient (Wildman–Crippen LogP) is 8.97. The number of aromatic nitrogens is 4. The molecule has 0 spiro atoms. The van der Waals surface area contributed by atoms with Crippen LogP contribution >= 0.6 is 0 Å². The number of allylic oxidation sites excluding steroid dienone is 4. The normalized spacial score (nSPS) is 15.4. The van der Waals surface area contributed by atoms with Crippen molar-refractivity contribution in [3.63, 3.8) is 0 Å². The highest BCUT2D eigenvalue weighted by Gasteiger charge is 2.27. The van der Waals surface area contributed by atoms with E-state index in [1.807, 2.05) is 30.5 Å². The Bertz CT molecular complexity index is 2050. The lowest BCUT2D eigenvalue weighted by Crippen LogP contribution is -2.06. The van der Waals surface area contributed by atoms with E-state index in [4.69, 9.17) is 15.0 Å². The van der Waals surface area contributed by atoms with Gasteiger partial charge in [0.1, 0.15) is 0 Å². The van der Waals surface area contributed by atoms with Crippen LogP contribution in [0, 0.1) is 5.92 Å². The van der Waals surface area contributed by atoms with Gasteiger partial charge < -0.3 is 0 Å². The predicted molar refractivity (Wildman–Crippen MR) is 171 cm³/mol. The molecular formula is C38H28N4. The van der Waals surface area contributed by atoms with Crippen molar-refractivity contribution in [2.75, 3.05) is 0 Å². The number of hydrogen-bond acceptors (Lipinski definition) is 4. The third-order valence-electron chi connectivity index (χ3n) is 8.37. The van der Waals surface area contributed by atoms with Gasteiger partial charge in [-0.1, -0.05) is 110 Å². The standard InChI is InChI=1S/C38H28N4/c1-24-10-5-14-27(22-24)37-40-36(25-11-3-2-4-12-25)41-38(42-37)32-18-6-13-26-23-33-29(15-7-17-31(33)35(26)32)28-16-8-20-34-30(28)19-9-21-39-34/h2-21,24H,22-23H2,1H3. The third kappa shape index (κ3) is 4.15. The van der Waals surface area contributed by atoms with E-state index >= 15 is 0 Å². The SMILES string of the molecule is CC1C=CC=C(c2nc(-c3ccccc3)nc(-c3cccc4c3-c3cccc(-c5cccc6ncccc56)c3C4)n2)C1. The monoisotopic (exact) mass is 540 g/mol. The zero-order valence-electron chi connectivity index (χ0n) is 23.3. The van der Waals surface area contributed by atoms with Gasteiger partial charge in [-0.3, -0.25) is 4.98 Å². The van der Waals surface area contributed by atoms with E-state index in [-0.39, 0.29) is 0 Å². The Kier molecular flexibility index (Phi) is 5.85. The third-order valence-corrected chi connectivity index (χ3v) is 8.37. The van der Waals surface area contributed by atoms with Crippen molar-refractivity contribution in [3.05, 3.63) is 138 Å². The molecule has 8 rings (SSSR count). The van der Waals surface area contributed by atoms with Crippen LogP contribution in [-0.4, -0.2) is 19.9 Å². The fourth-order valence-electron chi connectivity index (χ4n) is 6.41. The molecule has 4 heteroatoms. The molecule has 2 aliphatic rings. The van der Waals surface area contributed by atoms with Gasteiger partial charge in [-0.15, -0.1) is 0 Å². The van der Waals surface area contributed by atoms with Gasteiger partial charge in [0.25, 0.3) is 0 Å². The summed E-state index contributed by atoms with van der Waals surface area (Å²) in [6.07, 6.45) is 10.1. The summed E-state index contributed by atoms with van der Waals surface area (Å²) in [5.74, 6) is 2.61. The second kappa shape index (κ2) is 10.0. The summed E-state index contributed by atoms with van der Waals surface area (Å²) < 4.78 is 0. The van der Waals surface area contributed by atoms with Crippen molar-refractivity contribution in [2.45, 2.75) is 19.8 Å². The van der Waals surface area contributed by atoms with E-state index in [2.05, 4.69) is 103 Å². The first-order valence-corrected chi connectivity index (χ1v) is 14.5. The molecule has 2 aromatic heterocycles. The van der Waals surface area contributed by atoms with Crippen LogP contribution in [0.2, 0.25) is 0 Å². The first kappa shape index (κ1) is 24.6. The van der Waals surface area contributed by atoms with Crippen molar-refractivity contribution < 1.29 is 0 Å². The van der Waals surface area contributed by atoms with E-state index in [0.717, 1.165) is 40.9 Å². The fourth-order valence-corrected chi connectivity index (χ4v) is 6.41. The summed E-state index contributed by atoms with van der Waals surface area (Å²) in [5, 5.41) is 1.17. The van der Waals surface area contributed by atoms with E-state index in [1.165, 1.54) is 38.8 Å². The summed E-state index contributed by atoms with van der Waals surface area (Å²) in [6, 6.07) is 34.0.